The Hall–Kier alpha value is -3.86. The Kier molecular flexibility index (Phi) is 5.61. The Labute approximate surface area is 175 Å². The lowest BCUT2D eigenvalue weighted by Crippen LogP contribution is -2.44. The van der Waals surface area contributed by atoms with Gasteiger partial charge in [-0.3, -0.25) is 9.59 Å². The van der Waals surface area contributed by atoms with Crippen LogP contribution in [0.1, 0.15) is 18.1 Å². The first kappa shape index (κ1) is 19.5. The molecule has 3 aromatic carbocycles. The van der Waals surface area contributed by atoms with Crippen molar-refractivity contribution in [1.82, 2.24) is 0 Å². The maximum Gasteiger partial charge on any atom is 0.268 e. The number of ether oxygens (including phenoxy) is 1. The van der Waals surface area contributed by atoms with Gasteiger partial charge < -0.3 is 15.0 Å². The van der Waals surface area contributed by atoms with Crippen LogP contribution in [-0.2, 0) is 16.1 Å². The number of carbonyl (C=O) groups excluding carboxylic acids is 2. The van der Waals surface area contributed by atoms with Gasteiger partial charge in [-0.15, -0.1) is 0 Å². The summed E-state index contributed by atoms with van der Waals surface area (Å²) in [6.07, 6.45) is 2.65. The van der Waals surface area contributed by atoms with Crippen molar-refractivity contribution in [3.63, 3.8) is 0 Å². The molecule has 1 aliphatic rings. The lowest BCUT2D eigenvalue weighted by Gasteiger charge is -2.33. The number of nitrogens with one attached hydrogen (secondary N) is 1. The Morgan fingerprint density at radius 1 is 1.03 bits per heavy atom. The summed E-state index contributed by atoms with van der Waals surface area (Å²) in [5, 5.41) is 2.84. The van der Waals surface area contributed by atoms with E-state index in [1.165, 1.54) is 6.08 Å². The van der Waals surface area contributed by atoms with Gasteiger partial charge in [0.2, 0.25) is 5.91 Å². The summed E-state index contributed by atoms with van der Waals surface area (Å²) in [5.74, 6) is 0.247. The molecule has 2 amide bonds. The fourth-order valence-corrected chi connectivity index (χ4v) is 3.34. The van der Waals surface area contributed by atoms with Crippen LogP contribution < -0.4 is 15.0 Å². The summed E-state index contributed by atoms with van der Waals surface area (Å²) >= 11 is 0. The smallest absolute Gasteiger partial charge is 0.268 e. The molecule has 1 unspecified atom stereocenters. The second kappa shape index (κ2) is 8.66. The summed E-state index contributed by atoms with van der Waals surface area (Å²) in [6, 6.07) is 24.8. The summed E-state index contributed by atoms with van der Waals surface area (Å²) in [7, 11) is 0. The van der Waals surface area contributed by atoms with Crippen LogP contribution in [0.3, 0.4) is 0 Å². The molecule has 150 valence electrons. The molecular weight excluding hydrogens is 376 g/mol. The quantitative estimate of drug-likeness (QED) is 0.637. The Morgan fingerprint density at radius 2 is 1.73 bits per heavy atom. The fraction of sp³-hybridized carbons (Fsp3) is 0.120. The van der Waals surface area contributed by atoms with Crippen molar-refractivity contribution in [3.05, 3.63) is 96.1 Å². The Balaban J connectivity index is 1.52. The van der Waals surface area contributed by atoms with Crippen molar-refractivity contribution in [1.29, 1.82) is 0 Å². The van der Waals surface area contributed by atoms with E-state index >= 15 is 0 Å². The number of anilines is 2. The number of fused-ring (bicyclic) bond motifs is 1. The molecule has 1 aliphatic heterocycles. The summed E-state index contributed by atoms with van der Waals surface area (Å²) in [4.78, 5) is 26.7. The van der Waals surface area contributed by atoms with Gasteiger partial charge in [-0.2, -0.15) is 0 Å². The second-order valence-electron chi connectivity index (χ2n) is 7.09. The Morgan fingerprint density at radius 3 is 2.47 bits per heavy atom. The maximum absolute atomic E-state index is 12.7. The second-order valence-corrected chi connectivity index (χ2v) is 7.09. The minimum absolute atomic E-state index is 0.0890. The molecule has 3 aromatic rings. The van der Waals surface area contributed by atoms with Crippen molar-refractivity contribution in [3.8, 4) is 5.75 Å². The van der Waals surface area contributed by atoms with Gasteiger partial charge in [0, 0.05) is 17.8 Å². The highest BCUT2D eigenvalue weighted by molar-refractivity contribution is 6.03. The molecule has 0 saturated carbocycles. The first-order valence-corrected chi connectivity index (χ1v) is 9.80. The summed E-state index contributed by atoms with van der Waals surface area (Å²) < 4.78 is 5.80. The molecule has 5 heteroatoms. The zero-order valence-electron chi connectivity index (χ0n) is 16.6. The Bertz CT molecular complexity index is 1080. The third-order valence-electron chi connectivity index (χ3n) is 4.85. The third-order valence-corrected chi connectivity index (χ3v) is 4.85. The summed E-state index contributed by atoms with van der Waals surface area (Å²) in [5.41, 5.74) is 3.29. The zero-order chi connectivity index (χ0) is 20.9. The number of benzene rings is 3. The molecule has 0 spiro atoms. The topological polar surface area (TPSA) is 58.6 Å². The van der Waals surface area contributed by atoms with Crippen molar-refractivity contribution in [2.45, 2.75) is 19.6 Å². The molecule has 5 nitrogen and oxygen atoms in total. The van der Waals surface area contributed by atoms with Gasteiger partial charge in [0.05, 0.1) is 12.2 Å². The number of amides is 2. The molecule has 1 heterocycles. The molecule has 0 saturated heterocycles. The van der Waals surface area contributed by atoms with E-state index in [2.05, 4.69) is 5.32 Å². The van der Waals surface area contributed by atoms with Gasteiger partial charge >= 0.3 is 0 Å². The lowest BCUT2D eigenvalue weighted by molar-refractivity contribution is -0.125. The molecule has 30 heavy (non-hydrogen) atoms. The molecule has 1 atom stereocenters. The van der Waals surface area contributed by atoms with Crippen LogP contribution in [-0.4, -0.2) is 17.9 Å². The van der Waals surface area contributed by atoms with Gasteiger partial charge in [-0.1, -0.05) is 60.7 Å². The summed E-state index contributed by atoms with van der Waals surface area (Å²) in [6.45, 7) is 2.20. The van der Waals surface area contributed by atoms with Gasteiger partial charge in [0.15, 0.2) is 6.10 Å². The first-order chi connectivity index (χ1) is 14.6. The highest BCUT2D eigenvalue weighted by Crippen LogP contribution is 2.37. The minimum atomic E-state index is -0.592. The minimum Gasteiger partial charge on any atom is -0.479 e. The molecule has 0 bridgehead atoms. The molecule has 0 radical (unpaired) electrons. The predicted octanol–water partition coefficient (Wildman–Crippen LogP) is 4.65. The van der Waals surface area contributed by atoms with Crippen LogP contribution in [0.4, 0.5) is 11.4 Å². The number of hydrogen-bond donors (Lipinski definition) is 1. The van der Waals surface area contributed by atoms with E-state index in [0.29, 0.717) is 23.7 Å². The molecule has 0 aromatic heterocycles. The van der Waals surface area contributed by atoms with Crippen LogP contribution in [0.15, 0.2) is 84.9 Å². The van der Waals surface area contributed by atoms with Crippen molar-refractivity contribution in [2.24, 2.45) is 0 Å². The number of nitrogens with zero attached hydrogens (tertiary/aromatic N) is 1. The average molecular weight is 398 g/mol. The lowest BCUT2D eigenvalue weighted by atomic mass is 10.1. The molecule has 0 fully saturated rings. The number of hydrogen-bond acceptors (Lipinski definition) is 3. The van der Waals surface area contributed by atoms with E-state index in [9.17, 15) is 9.59 Å². The van der Waals surface area contributed by atoms with Gasteiger partial charge in [-0.05, 0) is 36.3 Å². The largest absolute Gasteiger partial charge is 0.479 e. The average Bonchev–Trinajstić information content (AvgIpc) is 2.77. The molecule has 1 N–H and O–H groups in total. The number of carbonyl (C=O) groups is 2. The highest BCUT2D eigenvalue weighted by Gasteiger charge is 2.31. The van der Waals surface area contributed by atoms with Gasteiger partial charge in [-0.25, -0.2) is 0 Å². The van der Waals surface area contributed by atoms with Crippen molar-refractivity contribution >= 4 is 29.3 Å². The monoisotopic (exact) mass is 398 g/mol. The van der Waals surface area contributed by atoms with E-state index in [-0.39, 0.29) is 11.8 Å². The standard InChI is InChI=1S/C25H22N2O3/c1-18-25(29)27(17-20-10-6-3-7-11-20)22-14-13-21(16-23(22)30-18)26-24(28)15-12-19-8-4-2-5-9-19/h2-16,18H,17H2,1H3,(H,26,28)/b15-12+. The SMILES string of the molecule is CC1Oc2cc(NC(=O)/C=C/c3ccccc3)ccc2N(Cc2ccccc2)C1=O. The molecule has 0 aliphatic carbocycles. The van der Waals surface area contributed by atoms with Crippen LogP contribution in [0.2, 0.25) is 0 Å². The van der Waals surface area contributed by atoms with E-state index in [0.717, 1.165) is 11.1 Å². The van der Waals surface area contributed by atoms with Crippen LogP contribution >= 0.6 is 0 Å². The normalized spacial score (nSPS) is 15.6. The van der Waals surface area contributed by atoms with Crippen LogP contribution in [0, 0.1) is 0 Å². The molecule has 4 rings (SSSR count). The van der Waals surface area contributed by atoms with Crippen LogP contribution in [0.5, 0.6) is 5.75 Å². The van der Waals surface area contributed by atoms with E-state index < -0.39 is 6.10 Å². The number of rotatable bonds is 5. The molecular formula is C25H22N2O3. The van der Waals surface area contributed by atoms with E-state index in [1.54, 1.807) is 36.1 Å². The zero-order valence-corrected chi connectivity index (χ0v) is 16.6. The van der Waals surface area contributed by atoms with E-state index in [4.69, 9.17) is 4.74 Å². The van der Waals surface area contributed by atoms with Gasteiger partial charge in [0.1, 0.15) is 5.75 Å². The van der Waals surface area contributed by atoms with Crippen LogP contribution in [0.25, 0.3) is 6.08 Å². The maximum atomic E-state index is 12.7. The van der Waals surface area contributed by atoms with Gasteiger partial charge in [0.25, 0.3) is 5.91 Å². The third kappa shape index (κ3) is 4.41. The first-order valence-electron chi connectivity index (χ1n) is 9.80. The van der Waals surface area contributed by atoms with Crippen molar-refractivity contribution < 1.29 is 14.3 Å². The highest BCUT2D eigenvalue weighted by atomic mass is 16.5. The van der Waals surface area contributed by atoms with E-state index in [1.807, 2.05) is 60.7 Å². The van der Waals surface area contributed by atoms with Crippen molar-refractivity contribution in [2.75, 3.05) is 10.2 Å². The fourth-order valence-electron chi connectivity index (χ4n) is 3.34. The predicted molar refractivity (Wildman–Crippen MR) is 118 cm³/mol.